The fourth-order valence-electron chi connectivity index (χ4n) is 9.98. The van der Waals surface area contributed by atoms with Crippen LogP contribution in [0, 0.1) is 0 Å². The summed E-state index contributed by atoms with van der Waals surface area (Å²) in [6.45, 7) is 9.44. The van der Waals surface area contributed by atoms with Gasteiger partial charge in [0.2, 0.25) is 0 Å². The number of benzene rings is 9. The van der Waals surface area contributed by atoms with Crippen LogP contribution < -0.4 is 4.90 Å². The molecule has 0 unspecified atom stereocenters. The van der Waals surface area contributed by atoms with Gasteiger partial charge in [0.1, 0.15) is 0 Å². The molecule has 0 saturated heterocycles. The van der Waals surface area contributed by atoms with Crippen LogP contribution in [0.3, 0.4) is 0 Å². The zero-order valence-electron chi connectivity index (χ0n) is 30.5. The largest absolute Gasteiger partial charge is 0.310 e. The Morgan fingerprint density at radius 3 is 1.42 bits per heavy atom. The van der Waals surface area contributed by atoms with Crippen molar-refractivity contribution in [1.82, 2.24) is 0 Å². The van der Waals surface area contributed by atoms with Crippen molar-refractivity contribution >= 4 is 60.2 Å². The Morgan fingerprint density at radius 1 is 0.340 bits per heavy atom. The number of nitrogens with zero attached hydrogens (tertiary/aromatic N) is 1. The third-order valence-corrected chi connectivity index (χ3v) is 12.6. The first-order valence-electron chi connectivity index (χ1n) is 18.9. The molecule has 252 valence electrons. The Labute approximate surface area is 310 Å². The molecule has 9 aromatic rings. The molecule has 9 aromatic carbocycles. The van der Waals surface area contributed by atoms with E-state index in [1.807, 2.05) is 0 Å². The van der Waals surface area contributed by atoms with Crippen LogP contribution in [0.25, 0.3) is 65.3 Å². The fraction of sp³-hybridized carbons (Fsp3) is 0.115. The highest BCUT2D eigenvalue weighted by molar-refractivity contribution is 6.29. The molecule has 11 rings (SSSR count). The van der Waals surface area contributed by atoms with E-state index in [4.69, 9.17) is 0 Å². The lowest BCUT2D eigenvalue weighted by atomic mass is 9.82. The standard InChI is InChI=1S/C52H39N/c1-51(2)44-19-11-9-15-38(44)42-30-35(25-27-46(42)51)53(36-26-28-47-43(31-36)39-16-10-12-20-45(39)52(47,3)4)48-29-34-24-23-33-22-21-32-13-5-6-14-37(32)49(33)50(34)41-18-8-7-17-40(41)48/h5-31H,1-4H3. The average molecular weight is 678 g/mol. The Hall–Kier alpha value is -6.18. The van der Waals surface area contributed by atoms with Gasteiger partial charge in [-0.15, -0.1) is 0 Å². The van der Waals surface area contributed by atoms with Crippen LogP contribution in [0.2, 0.25) is 0 Å². The molecule has 2 aliphatic carbocycles. The fourth-order valence-corrected chi connectivity index (χ4v) is 9.98. The van der Waals surface area contributed by atoms with Crippen LogP contribution in [0.4, 0.5) is 17.1 Å². The predicted octanol–water partition coefficient (Wildman–Crippen LogP) is 14.4. The van der Waals surface area contributed by atoms with Crippen LogP contribution in [0.15, 0.2) is 164 Å². The molecule has 0 aromatic heterocycles. The minimum Gasteiger partial charge on any atom is -0.310 e. The molecular weight excluding hydrogens is 639 g/mol. The lowest BCUT2D eigenvalue weighted by Crippen LogP contribution is -2.16. The van der Waals surface area contributed by atoms with Gasteiger partial charge in [-0.2, -0.15) is 0 Å². The summed E-state index contributed by atoms with van der Waals surface area (Å²) < 4.78 is 0. The monoisotopic (exact) mass is 677 g/mol. The molecule has 0 spiro atoms. The van der Waals surface area contributed by atoms with Crippen LogP contribution in [0.1, 0.15) is 49.9 Å². The SMILES string of the molecule is CC1(C)c2ccccc2-c2cc(N(c3ccc4c(c3)-c3ccccc3C4(C)C)c3cc4ccc5ccc6ccccc6c5c4c4ccccc34)ccc21. The number of fused-ring (bicyclic) bond motifs is 13. The van der Waals surface area contributed by atoms with Crippen molar-refractivity contribution in [2.45, 2.75) is 38.5 Å². The van der Waals surface area contributed by atoms with Gasteiger partial charge in [0.25, 0.3) is 0 Å². The molecule has 0 aliphatic heterocycles. The number of anilines is 3. The molecular formula is C52H39N. The molecule has 1 nitrogen and oxygen atoms in total. The molecule has 0 radical (unpaired) electrons. The van der Waals surface area contributed by atoms with E-state index >= 15 is 0 Å². The Morgan fingerprint density at radius 2 is 0.792 bits per heavy atom. The summed E-state index contributed by atoms with van der Waals surface area (Å²) in [6, 6.07) is 61.7. The van der Waals surface area contributed by atoms with E-state index < -0.39 is 0 Å². The van der Waals surface area contributed by atoms with Crippen molar-refractivity contribution < 1.29 is 0 Å². The van der Waals surface area contributed by atoms with Gasteiger partial charge >= 0.3 is 0 Å². The first-order chi connectivity index (χ1) is 25.8. The zero-order chi connectivity index (χ0) is 35.6. The zero-order valence-corrected chi connectivity index (χ0v) is 30.5. The van der Waals surface area contributed by atoms with Gasteiger partial charge in [-0.25, -0.2) is 0 Å². The van der Waals surface area contributed by atoms with Gasteiger partial charge < -0.3 is 4.90 Å². The lowest BCUT2D eigenvalue weighted by Gasteiger charge is -2.30. The van der Waals surface area contributed by atoms with Gasteiger partial charge in [0.15, 0.2) is 0 Å². The summed E-state index contributed by atoms with van der Waals surface area (Å²) >= 11 is 0. The highest BCUT2D eigenvalue weighted by Crippen LogP contribution is 2.54. The normalized spacial score (nSPS) is 14.7. The van der Waals surface area contributed by atoms with E-state index in [9.17, 15) is 0 Å². The van der Waals surface area contributed by atoms with Crippen molar-refractivity contribution in [3.8, 4) is 22.3 Å². The van der Waals surface area contributed by atoms with E-state index in [0.29, 0.717) is 0 Å². The number of hydrogen-bond donors (Lipinski definition) is 0. The van der Waals surface area contributed by atoms with Gasteiger partial charge in [-0.1, -0.05) is 161 Å². The highest BCUT2D eigenvalue weighted by Gasteiger charge is 2.37. The van der Waals surface area contributed by atoms with Crippen LogP contribution in [-0.4, -0.2) is 0 Å². The summed E-state index contributed by atoms with van der Waals surface area (Å²) in [5.74, 6) is 0. The molecule has 0 atom stereocenters. The maximum atomic E-state index is 2.53. The Bertz CT molecular complexity index is 2910. The van der Waals surface area contributed by atoms with Crippen molar-refractivity contribution in [2.24, 2.45) is 0 Å². The number of rotatable bonds is 3. The van der Waals surface area contributed by atoms with Crippen LogP contribution in [0.5, 0.6) is 0 Å². The smallest absolute Gasteiger partial charge is 0.0546 e. The van der Waals surface area contributed by atoms with Crippen LogP contribution in [-0.2, 0) is 10.8 Å². The van der Waals surface area contributed by atoms with Crippen LogP contribution >= 0.6 is 0 Å². The van der Waals surface area contributed by atoms with E-state index in [-0.39, 0.29) is 10.8 Å². The predicted molar refractivity (Wildman–Crippen MR) is 226 cm³/mol. The van der Waals surface area contributed by atoms with E-state index in [1.54, 1.807) is 0 Å². The summed E-state index contributed by atoms with van der Waals surface area (Å²) in [4.78, 5) is 2.53. The topological polar surface area (TPSA) is 3.24 Å². The number of hydrogen-bond acceptors (Lipinski definition) is 1. The van der Waals surface area contributed by atoms with Crippen molar-refractivity contribution in [3.05, 3.63) is 186 Å². The molecule has 0 N–H and O–H groups in total. The van der Waals surface area contributed by atoms with E-state index in [2.05, 4.69) is 196 Å². The second-order valence-corrected chi connectivity index (χ2v) is 16.1. The second kappa shape index (κ2) is 10.7. The highest BCUT2D eigenvalue weighted by atomic mass is 15.1. The summed E-state index contributed by atoms with van der Waals surface area (Å²) in [7, 11) is 0. The minimum atomic E-state index is -0.0579. The maximum absolute atomic E-state index is 2.53. The van der Waals surface area contributed by atoms with Gasteiger partial charge in [-0.05, 0) is 113 Å². The van der Waals surface area contributed by atoms with Gasteiger partial charge in [0.05, 0.1) is 5.69 Å². The average Bonchev–Trinajstić information content (AvgIpc) is 3.56. The molecule has 0 saturated carbocycles. The first kappa shape index (κ1) is 30.4. The Balaban J connectivity index is 1.23. The maximum Gasteiger partial charge on any atom is 0.0546 e. The third kappa shape index (κ3) is 4.14. The summed E-state index contributed by atoms with van der Waals surface area (Å²) in [5.41, 5.74) is 14.3. The van der Waals surface area contributed by atoms with Crippen molar-refractivity contribution in [1.29, 1.82) is 0 Å². The second-order valence-electron chi connectivity index (χ2n) is 16.1. The minimum absolute atomic E-state index is 0.0579. The quantitative estimate of drug-likeness (QED) is 0.168. The van der Waals surface area contributed by atoms with E-state index in [1.165, 1.54) is 93.3 Å². The molecule has 1 heteroatoms. The van der Waals surface area contributed by atoms with Crippen molar-refractivity contribution in [3.63, 3.8) is 0 Å². The van der Waals surface area contributed by atoms with E-state index in [0.717, 1.165) is 11.4 Å². The molecule has 2 aliphatic rings. The summed E-state index contributed by atoms with van der Waals surface area (Å²) in [6.07, 6.45) is 0. The van der Waals surface area contributed by atoms with Crippen molar-refractivity contribution in [2.75, 3.05) is 4.90 Å². The molecule has 53 heavy (non-hydrogen) atoms. The molecule has 0 heterocycles. The molecule has 0 amide bonds. The van der Waals surface area contributed by atoms with Gasteiger partial charge in [-0.3, -0.25) is 0 Å². The third-order valence-electron chi connectivity index (χ3n) is 12.6. The first-order valence-corrected chi connectivity index (χ1v) is 18.9. The summed E-state index contributed by atoms with van der Waals surface area (Å²) in [5, 5.41) is 10.2. The molecule has 0 bridgehead atoms. The lowest BCUT2D eigenvalue weighted by molar-refractivity contribution is 0.660. The molecule has 0 fully saturated rings. The Kier molecular flexibility index (Phi) is 6.14. The van der Waals surface area contributed by atoms with Gasteiger partial charge in [0, 0.05) is 27.6 Å².